The van der Waals surface area contributed by atoms with Crippen LogP contribution in [0.25, 0.3) is 0 Å². The molecule has 33 heavy (non-hydrogen) atoms. The summed E-state index contributed by atoms with van der Waals surface area (Å²) >= 11 is 1.46. The van der Waals surface area contributed by atoms with Gasteiger partial charge in [-0.2, -0.15) is 0 Å². The topological polar surface area (TPSA) is 65.8 Å². The van der Waals surface area contributed by atoms with Crippen LogP contribution in [0.2, 0.25) is 0 Å². The van der Waals surface area contributed by atoms with E-state index in [1.54, 1.807) is 6.26 Å². The number of carbonyl (C=O) groups is 1. The molecule has 0 bridgehead atoms. The van der Waals surface area contributed by atoms with Crippen molar-refractivity contribution in [2.45, 2.75) is 57.3 Å². The van der Waals surface area contributed by atoms with Crippen molar-refractivity contribution in [3.05, 3.63) is 88.9 Å². The Hall–Kier alpha value is -3.06. The molecule has 1 aromatic carbocycles. The van der Waals surface area contributed by atoms with Crippen LogP contribution in [0.1, 0.15) is 70.6 Å². The van der Waals surface area contributed by atoms with Crippen molar-refractivity contribution in [3.63, 3.8) is 0 Å². The number of thioether (sulfide) groups is 1. The number of aryl methyl sites for hydroxylation is 1. The van der Waals surface area contributed by atoms with Crippen LogP contribution in [0.3, 0.4) is 0 Å². The lowest BCUT2D eigenvalue weighted by molar-refractivity contribution is 0.102. The minimum absolute atomic E-state index is 0.111. The molecule has 1 aliphatic rings. The highest BCUT2D eigenvalue weighted by atomic mass is 32.2. The van der Waals surface area contributed by atoms with E-state index < -0.39 is 0 Å². The fourth-order valence-electron chi connectivity index (χ4n) is 4.50. The van der Waals surface area contributed by atoms with Crippen molar-refractivity contribution < 1.29 is 9.21 Å². The normalized spacial score (nSPS) is 14.5. The molecular weight excluding hydrogens is 432 g/mol. The smallest absolute Gasteiger partial charge is 0.192 e. The monoisotopic (exact) mass is 460 g/mol. The molecule has 1 aliphatic carbocycles. The molecule has 1 unspecified atom stereocenters. The zero-order valence-corrected chi connectivity index (χ0v) is 20.0. The maximum Gasteiger partial charge on any atom is 0.192 e. The molecule has 7 heteroatoms. The van der Waals surface area contributed by atoms with Crippen LogP contribution in [0.15, 0.2) is 64.4 Å². The number of nitrogens with zero attached hydrogens (tertiary/aromatic N) is 4. The highest BCUT2D eigenvalue weighted by Gasteiger charge is 2.31. The van der Waals surface area contributed by atoms with Crippen LogP contribution < -0.4 is 0 Å². The van der Waals surface area contributed by atoms with Gasteiger partial charge in [-0.05, 0) is 57.4 Å². The molecule has 0 N–H and O–H groups in total. The summed E-state index contributed by atoms with van der Waals surface area (Å²) in [5.41, 5.74) is 4.10. The number of rotatable bonds is 9. The molecule has 0 radical (unpaired) electrons. The molecule has 170 valence electrons. The predicted molar refractivity (Wildman–Crippen MR) is 129 cm³/mol. The van der Waals surface area contributed by atoms with E-state index in [9.17, 15) is 4.79 Å². The van der Waals surface area contributed by atoms with E-state index in [0.29, 0.717) is 18.2 Å². The zero-order chi connectivity index (χ0) is 22.9. The van der Waals surface area contributed by atoms with Crippen LogP contribution >= 0.6 is 11.8 Å². The van der Waals surface area contributed by atoms with Gasteiger partial charge in [0.05, 0.1) is 24.6 Å². The molecule has 5 rings (SSSR count). The number of benzene rings is 1. The second-order valence-corrected chi connectivity index (χ2v) is 9.68. The highest BCUT2D eigenvalue weighted by Crippen LogP contribution is 2.40. The lowest BCUT2D eigenvalue weighted by atomic mass is 10.1. The fourth-order valence-corrected chi connectivity index (χ4v) is 5.33. The van der Waals surface area contributed by atoms with E-state index in [2.05, 4.69) is 57.4 Å². The van der Waals surface area contributed by atoms with Crippen LogP contribution in [0.4, 0.5) is 0 Å². The van der Waals surface area contributed by atoms with Gasteiger partial charge in [0.1, 0.15) is 11.6 Å². The van der Waals surface area contributed by atoms with Crippen LogP contribution in [0, 0.1) is 13.8 Å². The van der Waals surface area contributed by atoms with E-state index in [0.717, 1.165) is 46.5 Å². The van der Waals surface area contributed by atoms with Gasteiger partial charge in [0.15, 0.2) is 10.9 Å². The fraction of sp³-hybridized carbons (Fsp3) is 0.346. The van der Waals surface area contributed by atoms with Crippen LogP contribution in [-0.4, -0.2) is 30.9 Å². The first-order valence-corrected chi connectivity index (χ1v) is 12.4. The Morgan fingerprint density at radius 1 is 1.15 bits per heavy atom. The van der Waals surface area contributed by atoms with Crippen LogP contribution in [0.5, 0.6) is 0 Å². The SMILES string of the molecule is Cc1cc(C(=O)CSc2nnc(C3CC3)n2Cc2ccco2)c(C)n1C(C)c1ccccc1. The molecule has 1 saturated carbocycles. The average molecular weight is 461 g/mol. The summed E-state index contributed by atoms with van der Waals surface area (Å²) in [4.78, 5) is 13.2. The van der Waals surface area contributed by atoms with Crippen molar-refractivity contribution in [2.24, 2.45) is 0 Å². The molecule has 0 amide bonds. The first-order valence-electron chi connectivity index (χ1n) is 11.4. The van der Waals surface area contributed by atoms with Gasteiger partial charge in [0.2, 0.25) is 0 Å². The molecule has 3 aromatic heterocycles. The lowest BCUT2D eigenvalue weighted by Crippen LogP contribution is -2.12. The van der Waals surface area contributed by atoms with Crippen LogP contribution in [-0.2, 0) is 6.54 Å². The largest absolute Gasteiger partial charge is 0.467 e. The second kappa shape index (κ2) is 9.06. The van der Waals surface area contributed by atoms with E-state index in [-0.39, 0.29) is 11.8 Å². The molecule has 1 atom stereocenters. The quantitative estimate of drug-likeness (QED) is 0.233. The van der Waals surface area contributed by atoms with Gasteiger partial charge in [-0.25, -0.2) is 0 Å². The molecule has 0 aliphatic heterocycles. The number of carbonyl (C=O) groups excluding carboxylic acids is 1. The molecule has 3 heterocycles. The summed E-state index contributed by atoms with van der Waals surface area (Å²) in [7, 11) is 0. The summed E-state index contributed by atoms with van der Waals surface area (Å²) in [5.74, 6) is 2.76. The van der Waals surface area contributed by atoms with Crippen molar-refractivity contribution >= 4 is 17.5 Å². The Morgan fingerprint density at radius 2 is 1.94 bits per heavy atom. The first-order chi connectivity index (χ1) is 16.0. The van der Waals surface area contributed by atoms with Gasteiger partial charge in [0, 0.05) is 22.9 Å². The van der Waals surface area contributed by atoms with Gasteiger partial charge in [-0.3, -0.25) is 9.36 Å². The summed E-state index contributed by atoms with van der Waals surface area (Å²) in [5, 5.41) is 9.62. The molecule has 4 aromatic rings. The minimum atomic E-state index is 0.111. The third-order valence-corrected chi connectivity index (χ3v) is 7.34. The highest BCUT2D eigenvalue weighted by molar-refractivity contribution is 7.99. The first kappa shape index (κ1) is 21.8. The summed E-state index contributed by atoms with van der Waals surface area (Å²) in [6.07, 6.45) is 3.97. The number of Topliss-reactive ketones (excluding diaryl/α,β-unsaturated/α-hetero) is 1. The molecule has 6 nitrogen and oxygen atoms in total. The predicted octanol–water partition coefficient (Wildman–Crippen LogP) is 5.80. The standard InChI is InChI=1S/C26H28N4O2S/c1-17-14-23(19(3)30(17)18(2)20-8-5-4-6-9-20)24(31)16-33-26-28-27-25(21-11-12-21)29(26)15-22-10-7-13-32-22/h4-10,13-14,18,21H,11-12,15-16H2,1-3H3. The lowest BCUT2D eigenvalue weighted by Gasteiger charge is -2.19. The van der Waals surface area contributed by atoms with Gasteiger partial charge < -0.3 is 8.98 Å². The Morgan fingerprint density at radius 3 is 2.64 bits per heavy atom. The second-order valence-electron chi connectivity index (χ2n) is 8.73. The summed E-state index contributed by atoms with van der Waals surface area (Å²) in [6.45, 7) is 6.87. The maximum atomic E-state index is 13.2. The molecule has 1 fully saturated rings. The molecule has 0 saturated heterocycles. The third kappa shape index (κ3) is 4.42. The van der Waals surface area contributed by atoms with E-state index >= 15 is 0 Å². The summed E-state index contributed by atoms with van der Waals surface area (Å²) < 4.78 is 9.90. The van der Waals surface area contributed by atoms with Gasteiger partial charge in [0.25, 0.3) is 0 Å². The Kier molecular flexibility index (Phi) is 5.98. The number of aromatic nitrogens is 4. The van der Waals surface area contributed by atoms with Crippen molar-refractivity contribution in [2.75, 3.05) is 5.75 Å². The third-order valence-electron chi connectivity index (χ3n) is 6.37. The van der Waals surface area contributed by atoms with E-state index in [4.69, 9.17) is 4.42 Å². The zero-order valence-electron chi connectivity index (χ0n) is 19.2. The number of hydrogen-bond donors (Lipinski definition) is 0. The summed E-state index contributed by atoms with van der Waals surface area (Å²) in [6, 6.07) is 16.4. The molecule has 0 spiro atoms. The van der Waals surface area contributed by atoms with Crippen molar-refractivity contribution in [1.82, 2.24) is 19.3 Å². The van der Waals surface area contributed by atoms with E-state index in [1.807, 2.05) is 31.2 Å². The van der Waals surface area contributed by atoms with Gasteiger partial charge in [-0.15, -0.1) is 10.2 Å². The number of ketones is 1. The Bertz CT molecular complexity index is 1250. The Labute approximate surface area is 198 Å². The van der Waals surface area contributed by atoms with Crippen molar-refractivity contribution in [3.8, 4) is 0 Å². The average Bonchev–Trinajstić information content (AvgIpc) is 3.24. The number of hydrogen-bond acceptors (Lipinski definition) is 5. The van der Waals surface area contributed by atoms with Crippen molar-refractivity contribution in [1.29, 1.82) is 0 Å². The molecular formula is C26H28N4O2S. The Balaban J connectivity index is 1.34. The van der Waals surface area contributed by atoms with Gasteiger partial charge in [-0.1, -0.05) is 42.1 Å². The maximum absolute atomic E-state index is 13.2. The minimum Gasteiger partial charge on any atom is -0.467 e. The van der Waals surface area contributed by atoms with E-state index in [1.165, 1.54) is 17.3 Å². The number of furan rings is 1. The van der Waals surface area contributed by atoms with Gasteiger partial charge >= 0.3 is 0 Å².